The highest BCUT2D eigenvalue weighted by atomic mass is 15.1. The summed E-state index contributed by atoms with van der Waals surface area (Å²) >= 11 is 0. The molecule has 0 radical (unpaired) electrons. The molecule has 8 aromatic rings. The fraction of sp³-hybridized carbons (Fsp3) is 0. The molecule has 0 saturated carbocycles. The minimum atomic E-state index is 0.269. The van der Waals surface area contributed by atoms with Gasteiger partial charge in [-0.2, -0.15) is 10.5 Å². The van der Waals surface area contributed by atoms with E-state index in [2.05, 4.69) is 119 Å². The average Bonchev–Trinajstić information content (AvgIpc) is 3.22. The number of nitrogens with zero attached hydrogens (tertiary/aromatic N) is 6. The van der Waals surface area contributed by atoms with Gasteiger partial charge < -0.3 is 9.80 Å². The molecule has 0 amide bonds. The standard InChI is InChI=1S/C46H30N6/c47-31-35-29-43-44(30-36(35)32-48)50-46(34-23-27-42(28-24-34)52(39-17-9-3-10-18-39)40-19-11-4-12-20-40)45(49-43)33-21-25-41(26-22-33)51(37-13-5-1-6-14-37)38-15-7-2-8-16-38/h1-30H. The van der Waals surface area contributed by atoms with Crippen LogP contribution in [-0.2, 0) is 0 Å². The second-order valence-corrected chi connectivity index (χ2v) is 12.1. The molecule has 0 fully saturated rings. The second kappa shape index (κ2) is 14.1. The van der Waals surface area contributed by atoms with Crippen molar-refractivity contribution in [2.75, 3.05) is 9.80 Å². The third kappa shape index (κ3) is 6.20. The van der Waals surface area contributed by atoms with Crippen LogP contribution in [0.15, 0.2) is 182 Å². The van der Waals surface area contributed by atoms with Crippen LogP contribution in [0.4, 0.5) is 34.1 Å². The fourth-order valence-electron chi connectivity index (χ4n) is 6.43. The van der Waals surface area contributed by atoms with Gasteiger partial charge >= 0.3 is 0 Å². The van der Waals surface area contributed by atoms with Crippen LogP contribution in [0.1, 0.15) is 11.1 Å². The van der Waals surface area contributed by atoms with Crippen LogP contribution in [-0.4, -0.2) is 9.97 Å². The number of aromatic nitrogens is 2. The van der Waals surface area contributed by atoms with Gasteiger partial charge in [0.1, 0.15) is 12.1 Å². The van der Waals surface area contributed by atoms with Crippen LogP contribution in [0.25, 0.3) is 33.5 Å². The molecule has 0 aliphatic rings. The van der Waals surface area contributed by atoms with Gasteiger partial charge in [0, 0.05) is 45.3 Å². The van der Waals surface area contributed by atoms with Crippen LogP contribution in [0, 0.1) is 22.7 Å². The Morgan fingerprint density at radius 1 is 0.346 bits per heavy atom. The van der Waals surface area contributed by atoms with Gasteiger partial charge in [0.25, 0.3) is 0 Å². The van der Waals surface area contributed by atoms with Crippen LogP contribution >= 0.6 is 0 Å². The van der Waals surface area contributed by atoms with Crippen LogP contribution in [0.2, 0.25) is 0 Å². The number of nitriles is 2. The predicted molar refractivity (Wildman–Crippen MR) is 209 cm³/mol. The summed E-state index contributed by atoms with van der Waals surface area (Å²) in [6, 6.07) is 65.3. The quantitative estimate of drug-likeness (QED) is 0.161. The van der Waals surface area contributed by atoms with E-state index in [0.717, 1.165) is 45.3 Å². The van der Waals surface area contributed by atoms with Gasteiger partial charge in [0.15, 0.2) is 0 Å². The van der Waals surface area contributed by atoms with Gasteiger partial charge in [-0.25, -0.2) is 9.97 Å². The van der Waals surface area contributed by atoms with Gasteiger partial charge in [-0.1, -0.05) is 97.1 Å². The Morgan fingerprint density at radius 3 is 0.885 bits per heavy atom. The summed E-state index contributed by atoms with van der Waals surface area (Å²) in [4.78, 5) is 14.6. The van der Waals surface area contributed by atoms with Crippen molar-refractivity contribution in [1.82, 2.24) is 9.97 Å². The molecular weight excluding hydrogens is 637 g/mol. The molecule has 0 aliphatic heterocycles. The number of hydrogen-bond donors (Lipinski definition) is 0. The molecule has 0 spiro atoms. The van der Waals surface area contributed by atoms with Crippen LogP contribution < -0.4 is 9.80 Å². The minimum absolute atomic E-state index is 0.269. The lowest BCUT2D eigenvalue weighted by Crippen LogP contribution is -2.09. The highest BCUT2D eigenvalue weighted by molar-refractivity contribution is 5.89. The summed E-state index contributed by atoms with van der Waals surface area (Å²) in [6.45, 7) is 0. The number of benzene rings is 7. The van der Waals surface area contributed by atoms with Gasteiger partial charge in [-0.3, -0.25) is 0 Å². The van der Waals surface area contributed by atoms with E-state index >= 15 is 0 Å². The molecule has 0 saturated heterocycles. The molecule has 0 unspecified atom stereocenters. The highest BCUT2D eigenvalue weighted by Crippen LogP contribution is 2.39. The molecule has 1 heterocycles. The van der Waals surface area contributed by atoms with E-state index in [1.54, 1.807) is 12.1 Å². The Bertz CT molecular complexity index is 2300. The molecule has 6 heteroatoms. The zero-order chi connectivity index (χ0) is 35.3. The van der Waals surface area contributed by atoms with E-state index in [4.69, 9.17) is 9.97 Å². The summed E-state index contributed by atoms with van der Waals surface area (Å²) in [5.41, 5.74) is 10.9. The Labute approximate surface area is 302 Å². The highest BCUT2D eigenvalue weighted by Gasteiger charge is 2.19. The Kier molecular flexibility index (Phi) is 8.62. The molecule has 6 nitrogen and oxygen atoms in total. The van der Waals surface area contributed by atoms with Gasteiger partial charge in [-0.05, 0) is 84.9 Å². The topological polar surface area (TPSA) is 79.8 Å². The fourth-order valence-corrected chi connectivity index (χ4v) is 6.43. The summed E-state index contributed by atoms with van der Waals surface area (Å²) in [5.74, 6) is 0. The first-order valence-corrected chi connectivity index (χ1v) is 16.9. The Hall–Kier alpha value is -7.54. The maximum absolute atomic E-state index is 9.78. The summed E-state index contributed by atoms with van der Waals surface area (Å²) in [7, 11) is 0. The maximum Gasteiger partial charge on any atom is 0.101 e. The number of anilines is 6. The van der Waals surface area contributed by atoms with Crippen molar-refractivity contribution < 1.29 is 0 Å². The van der Waals surface area contributed by atoms with Crippen molar-refractivity contribution in [3.63, 3.8) is 0 Å². The first kappa shape index (κ1) is 31.7. The van der Waals surface area contributed by atoms with Crippen molar-refractivity contribution in [1.29, 1.82) is 10.5 Å². The molecule has 52 heavy (non-hydrogen) atoms. The predicted octanol–water partition coefficient (Wildman–Crippen LogP) is 11.6. The first-order chi connectivity index (χ1) is 25.7. The number of para-hydroxylation sites is 4. The molecular formula is C46H30N6. The zero-order valence-electron chi connectivity index (χ0n) is 28.0. The average molecular weight is 667 g/mol. The first-order valence-electron chi connectivity index (χ1n) is 16.9. The Balaban J connectivity index is 1.25. The van der Waals surface area contributed by atoms with Crippen molar-refractivity contribution in [2.24, 2.45) is 0 Å². The van der Waals surface area contributed by atoms with Crippen LogP contribution in [0.5, 0.6) is 0 Å². The van der Waals surface area contributed by atoms with Crippen LogP contribution in [0.3, 0.4) is 0 Å². The lowest BCUT2D eigenvalue weighted by molar-refractivity contribution is 1.26. The van der Waals surface area contributed by atoms with E-state index in [-0.39, 0.29) is 11.1 Å². The van der Waals surface area contributed by atoms with E-state index in [1.165, 1.54) is 0 Å². The largest absolute Gasteiger partial charge is 0.311 e. The normalized spacial score (nSPS) is 10.7. The molecule has 8 rings (SSSR count). The lowest BCUT2D eigenvalue weighted by Gasteiger charge is -2.26. The smallest absolute Gasteiger partial charge is 0.101 e. The molecule has 1 aromatic heterocycles. The SMILES string of the molecule is N#Cc1cc2nc(-c3ccc(N(c4ccccc4)c4ccccc4)cc3)c(-c3ccc(N(c4ccccc4)c4ccccc4)cc3)nc2cc1C#N. The molecule has 0 aliphatic carbocycles. The maximum atomic E-state index is 9.78. The van der Waals surface area contributed by atoms with E-state index in [0.29, 0.717) is 22.4 Å². The summed E-state index contributed by atoms with van der Waals surface area (Å²) in [5, 5.41) is 19.6. The number of rotatable bonds is 8. The molecule has 0 bridgehead atoms. The van der Waals surface area contributed by atoms with Gasteiger partial charge in [0.05, 0.1) is 33.5 Å². The molecule has 244 valence electrons. The zero-order valence-corrected chi connectivity index (χ0v) is 28.0. The van der Waals surface area contributed by atoms with Gasteiger partial charge in [-0.15, -0.1) is 0 Å². The van der Waals surface area contributed by atoms with Crippen molar-refractivity contribution in [3.05, 3.63) is 193 Å². The second-order valence-electron chi connectivity index (χ2n) is 12.1. The summed E-state index contributed by atoms with van der Waals surface area (Å²) < 4.78 is 0. The van der Waals surface area contributed by atoms with Crippen molar-refractivity contribution >= 4 is 45.2 Å². The molecule has 7 aromatic carbocycles. The lowest BCUT2D eigenvalue weighted by atomic mass is 10.0. The number of fused-ring (bicyclic) bond motifs is 1. The Morgan fingerprint density at radius 2 is 0.615 bits per heavy atom. The van der Waals surface area contributed by atoms with E-state index in [1.807, 2.05) is 72.8 Å². The third-order valence-corrected chi connectivity index (χ3v) is 8.90. The molecule has 0 atom stereocenters. The van der Waals surface area contributed by atoms with Crippen molar-refractivity contribution in [3.8, 4) is 34.7 Å². The molecule has 0 N–H and O–H groups in total. The minimum Gasteiger partial charge on any atom is -0.311 e. The van der Waals surface area contributed by atoms with Gasteiger partial charge in [0.2, 0.25) is 0 Å². The summed E-state index contributed by atoms with van der Waals surface area (Å²) in [6.07, 6.45) is 0. The third-order valence-electron chi connectivity index (χ3n) is 8.90. The van der Waals surface area contributed by atoms with E-state index < -0.39 is 0 Å². The van der Waals surface area contributed by atoms with E-state index in [9.17, 15) is 10.5 Å². The number of hydrogen-bond acceptors (Lipinski definition) is 6. The van der Waals surface area contributed by atoms with Crippen molar-refractivity contribution in [2.45, 2.75) is 0 Å². The monoisotopic (exact) mass is 666 g/mol.